The van der Waals surface area contributed by atoms with E-state index >= 15 is 0 Å². The molecule has 0 amide bonds. The number of halogens is 2. The second-order valence-electron chi connectivity index (χ2n) is 1.98. The van der Waals surface area contributed by atoms with Gasteiger partial charge in [-0.3, -0.25) is 0 Å². The largest absolute Gasteiger partial charge is 0.397 e. The SMILES string of the molecule is Cc1cc(N)c(Br)nc1Br. The van der Waals surface area contributed by atoms with Crippen molar-refractivity contribution < 1.29 is 0 Å². The summed E-state index contributed by atoms with van der Waals surface area (Å²) in [6.45, 7) is 1.94. The molecule has 1 aromatic heterocycles. The highest BCUT2D eigenvalue weighted by Gasteiger charge is 2.00. The summed E-state index contributed by atoms with van der Waals surface area (Å²) >= 11 is 6.50. The topological polar surface area (TPSA) is 38.9 Å². The maximum Gasteiger partial charge on any atom is 0.130 e. The van der Waals surface area contributed by atoms with Gasteiger partial charge >= 0.3 is 0 Å². The van der Waals surface area contributed by atoms with E-state index in [2.05, 4.69) is 36.8 Å². The summed E-state index contributed by atoms with van der Waals surface area (Å²) < 4.78 is 1.51. The van der Waals surface area contributed by atoms with Gasteiger partial charge in [-0.1, -0.05) is 0 Å². The number of anilines is 1. The zero-order valence-corrected chi connectivity index (χ0v) is 8.53. The lowest BCUT2D eigenvalue weighted by Crippen LogP contribution is -1.91. The lowest BCUT2D eigenvalue weighted by Gasteiger charge is -2.00. The van der Waals surface area contributed by atoms with Crippen molar-refractivity contribution in [3.8, 4) is 0 Å². The molecule has 2 N–H and O–H groups in total. The molecular weight excluding hydrogens is 260 g/mol. The van der Waals surface area contributed by atoms with Crippen molar-refractivity contribution in [3.05, 3.63) is 20.8 Å². The number of rotatable bonds is 0. The minimum absolute atomic E-state index is 0.667. The van der Waals surface area contributed by atoms with E-state index in [1.165, 1.54) is 0 Å². The summed E-state index contributed by atoms with van der Waals surface area (Å²) in [6, 6.07) is 1.86. The molecule has 54 valence electrons. The Bertz CT molecular complexity index is 210. The van der Waals surface area contributed by atoms with E-state index in [1.54, 1.807) is 0 Å². The molecule has 0 aliphatic rings. The van der Waals surface area contributed by atoms with Gasteiger partial charge in [-0.25, -0.2) is 4.98 Å². The first-order chi connectivity index (χ1) is 4.61. The van der Waals surface area contributed by atoms with Gasteiger partial charge < -0.3 is 5.73 Å². The lowest BCUT2D eigenvalue weighted by atomic mass is 10.3. The first-order valence-corrected chi connectivity index (χ1v) is 4.28. The number of nitrogens with two attached hydrogens (primary N) is 1. The van der Waals surface area contributed by atoms with Crippen LogP contribution in [-0.2, 0) is 0 Å². The van der Waals surface area contributed by atoms with Gasteiger partial charge in [0.15, 0.2) is 0 Å². The van der Waals surface area contributed by atoms with E-state index in [-0.39, 0.29) is 0 Å². The van der Waals surface area contributed by atoms with Crippen LogP contribution in [0.1, 0.15) is 5.56 Å². The van der Waals surface area contributed by atoms with Crippen LogP contribution in [-0.4, -0.2) is 4.98 Å². The van der Waals surface area contributed by atoms with E-state index < -0.39 is 0 Å². The van der Waals surface area contributed by atoms with Gasteiger partial charge in [0.25, 0.3) is 0 Å². The maximum atomic E-state index is 5.56. The van der Waals surface area contributed by atoms with Crippen LogP contribution < -0.4 is 5.73 Å². The van der Waals surface area contributed by atoms with Gasteiger partial charge in [0.1, 0.15) is 9.21 Å². The Balaban J connectivity index is 3.28. The predicted octanol–water partition coefficient (Wildman–Crippen LogP) is 2.50. The molecule has 0 radical (unpaired) electrons. The van der Waals surface area contributed by atoms with Crippen LogP contribution in [0.4, 0.5) is 5.69 Å². The van der Waals surface area contributed by atoms with Gasteiger partial charge in [0, 0.05) is 0 Å². The van der Waals surface area contributed by atoms with E-state index in [4.69, 9.17) is 5.73 Å². The highest BCUT2D eigenvalue weighted by molar-refractivity contribution is 9.11. The van der Waals surface area contributed by atoms with Crippen molar-refractivity contribution in [2.24, 2.45) is 0 Å². The number of pyridine rings is 1. The van der Waals surface area contributed by atoms with Crippen LogP contribution in [0.25, 0.3) is 0 Å². The fraction of sp³-hybridized carbons (Fsp3) is 0.167. The molecule has 1 aromatic rings. The number of nitrogen functional groups attached to an aromatic ring is 1. The second kappa shape index (κ2) is 2.88. The van der Waals surface area contributed by atoms with Crippen LogP contribution in [0.3, 0.4) is 0 Å². The average Bonchev–Trinajstić information content (AvgIpc) is 1.84. The third-order valence-corrected chi connectivity index (χ3v) is 2.57. The molecule has 0 spiro atoms. The smallest absolute Gasteiger partial charge is 0.130 e. The van der Waals surface area contributed by atoms with Crippen molar-refractivity contribution >= 4 is 37.5 Å². The van der Waals surface area contributed by atoms with Crippen molar-refractivity contribution in [1.82, 2.24) is 4.98 Å². The number of nitrogens with zero attached hydrogens (tertiary/aromatic N) is 1. The summed E-state index contributed by atoms with van der Waals surface area (Å²) in [6.07, 6.45) is 0. The van der Waals surface area contributed by atoms with Crippen LogP contribution >= 0.6 is 31.9 Å². The Morgan fingerprint density at radius 2 is 2.00 bits per heavy atom. The third kappa shape index (κ3) is 1.49. The number of aromatic nitrogens is 1. The summed E-state index contributed by atoms with van der Waals surface area (Å²) in [7, 11) is 0. The van der Waals surface area contributed by atoms with Gasteiger partial charge in [0.05, 0.1) is 5.69 Å². The molecule has 0 fully saturated rings. The Labute approximate surface area is 76.1 Å². The summed E-state index contributed by atoms with van der Waals surface area (Å²) in [4.78, 5) is 4.08. The number of hydrogen-bond donors (Lipinski definition) is 1. The monoisotopic (exact) mass is 264 g/mol. The van der Waals surface area contributed by atoms with Crippen LogP contribution in [0.5, 0.6) is 0 Å². The van der Waals surface area contributed by atoms with Crippen LogP contribution in [0, 0.1) is 6.92 Å². The molecule has 2 nitrogen and oxygen atoms in total. The minimum Gasteiger partial charge on any atom is -0.397 e. The molecule has 0 aliphatic carbocycles. The number of hydrogen-bond acceptors (Lipinski definition) is 2. The minimum atomic E-state index is 0.667. The zero-order valence-electron chi connectivity index (χ0n) is 5.36. The molecule has 4 heteroatoms. The molecule has 10 heavy (non-hydrogen) atoms. The Kier molecular flexibility index (Phi) is 2.31. The molecule has 0 atom stereocenters. The summed E-state index contributed by atoms with van der Waals surface area (Å²) in [5.41, 5.74) is 7.27. The third-order valence-electron chi connectivity index (χ3n) is 1.13. The molecule has 0 aromatic carbocycles. The van der Waals surface area contributed by atoms with Crippen LogP contribution in [0.15, 0.2) is 15.3 Å². The molecule has 0 aliphatic heterocycles. The average molecular weight is 266 g/mol. The van der Waals surface area contributed by atoms with E-state index in [0.717, 1.165) is 10.2 Å². The Morgan fingerprint density at radius 1 is 1.40 bits per heavy atom. The molecule has 0 saturated heterocycles. The summed E-state index contributed by atoms with van der Waals surface area (Å²) in [5, 5.41) is 0. The molecule has 1 heterocycles. The molecular formula is C6H6Br2N2. The highest BCUT2D eigenvalue weighted by atomic mass is 79.9. The van der Waals surface area contributed by atoms with E-state index in [0.29, 0.717) is 10.3 Å². The van der Waals surface area contributed by atoms with Crippen molar-refractivity contribution in [2.75, 3.05) is 5.73 Å². The molecule has 0 saturated carbocycles. The molecule has 0 bridgehead atoms. The zero-order chi connectivity index (χ0) is 7.72. The van der Waals surface area contributed by atoms with Gasteiger partial charge in [-0.15, -0.1) is 0 Å². The summed E-state index contributed by atoms with van der Waals surface area (Å²) in [5.74, 6) is 0. The van der Waals surface area contributed by atoms with Gasteiger partial charge in [0.2, 0.25) is 0 Å². The van der Waals surface area contributed by atoms with E-state index in [9.17, 15) is 0 Å². The standard InChI is InChI=1S/C6H6Br2N2/c1-3-2-4(9)6(8)10-5(3)7/h2H,9H2,1H3. The van der Waals surface area contributed by atoms with E-state index in [1.807, 2.05) is 13.0 Å². The second-order valence-corrected chi connectivity index (χ2v) is 3.48. The van der Waals surface area contributed by atoms with Crippen molar-refractivity contribution in [2.45, 2.75) is 6.92 Å². The normalized spacial score (nSPS) is 9.90. The maximum absolute atomic E-state index is 5.56. The fourth-order valence-corrected chi connectivity index (χ4v) is 1.41. The molecule has 0 unspecified atom stereocenters. The highest BCUT2D eigenvalue weighted by Crippen LogP contribution is 2.22. The first-order valence-electron chi connectivity index (χ1n) is 2.69. The van der Waals surface area contributed by atoms with Crippen LogP contribution in [0.2, 0.25) is 0 Å². The van der Waals surface area contributed by atoms with Crippen molar-refractivity contribution in [3.63, 3.8) is 0 Å². The fourth-order valence-electron chi connectivity index (χ4n) is 0.591. The first kappa shape index (κ1) is 8.01. The van der Waals surface area contributed by atoms with Gasteiger partial charge in [-0.2, -0.15) is 0 Å². The van der Waals surface area contributed by atoms with Gasteiger partial charge in [-0.05, 0) is 50.4 Å². The number of aryl methyl sites for hydroxylation is 1. The Morgan fingerprint density at radius 3 is 2.50 bits per heavy atom. The quantitative estimate of drug-likeness (QED) is 0.732. The Hall–Kier alpha value is -0.0900. The molecule has 1 rings (SSSR count). The lowest BCUT2D eigenvalue weighted by molar-refractivity contribution is 1.19. The van der Waals surface area contributed by atoms with Crippen molar-refractivity contribution in [1.29, 1.82) is 0 Å². The predicted molar refractivity (Wildman–Crippen MR) is 48.8 cm³/mol.